The highest BCUT2D eigenvalue weighted by atomic mass is 79.9. The van der Waals surface area contributed by atoms with Crippen LogP contribution in [0.15, 0.2) is 0 Å². The van der Waals surface area contributed by atoms with Gasteiger partial charge in [-0.3, -0.25) is 4.79 Å². The second-order valence-electron chi connectivity index (χ2n) is 5.08. The van der Waals surface area contributed by atoms with Crippen molar-refractivity contribution in [3.05, 3.63) is 0 Å². The van der Waals surface area contributed by atoms with Crippen molar-refractivity contribution in [3.8, 4) is 0 Å². The van der Waals surface area contributed by atoms with Crippen molar-refractivity contribution in [1.82, 2.24) is 4.90 Å². The first kappa shape index (κ1) is 11.4. The quantitative estimate of drug-likeness (QED) is 0.710. The van der Waals surface area contributed by atoms with Crippen LogP contribution in [0.1, 0.15) is 26.7 Å². The van der Waals surface area contributed by atoms with Gasteiger partial charge in [0, 0.05) is 17.9 Å². The highest BCUT2D eigenvalue weighted by Gasteiger charge is 2.59. The molecule has 1 amide bonds. The number of carbonyl (C=O) groups excluding carboxylic acids is 1. The first-order valence-corrected chi connectivity index (χ1v) is 6.64. The van der Waals surface area contributed by atoms with Gasteiger partial charge in [0.25, 0.3) is 0 Å². The lowest BCUT2D eigenvalue weighted by Gasteiger charge is -2.27. The molecular formula is C11H17BrFNO. The molecule has 2 nitrogen and oxygen atoms in total. The van der Waals surface area contributed by atoms with E-state index in [0.717, 1.165) is 18.3 Å². The first-order chi connectivity index (χ1) is 7.00. The Morgan fingerprint density at radius 3 is 2.73 bits per heavy atom. The van der Waals surface area contributed by atoms with Crippen LogP contribution in [0.25, 0.3) is 0 Å². The molecule has 0 aromatic heterocycles. The van der Waals surface area contributed by atoms with Crippen LogP contribution < -0.4 is 0 Å². The molecule has 86 valence electrons. The van der Waals surface area contributed by atoms with Crippen molar-refractivity contribution in [3.63, 3.8) is 0 Å². The molecule has 0 aromatic carbocycles. The van der Waals surface area contributed by atoms with Gasteiger partial charge in [0.15, 0.2) is 0 Å². The summed E-state index contributed by atoms with van der Waals surface area (Å²) in [5.74, 6) is 0.539. The molecule has 2 aliphatic rings. The zero-order valence-electron chi connectivity index (χ0n) is 9.17. The van der Waals surface area contributed by atoms with E-state index in [1.807, 2.05) is 4.90 Å². The molecule has 1 saturated carbocycles. The van der Waals surface area contributed by atoms with Crippen LogP contribution in [-0.4, -0.2) is 34.9 Å². The number of hydrogen-bond acceptors (Lipinski definition) is 1. The van der Waals surface area contributed by atoms with E-state index in [4.69, 9.17) is 0 Å². The number of likely N-dealkylation sites (tertiary alicyclic amines) is 1. The molecule has 2 fully saturated rings. The average molecular weight is 278 g/mol. The summed E-state index contributed by atoms with van der Waals surface area (Å²) in [7, 11) is 0. The van der Waals surface area contributed by atoms with Gasteiger partial charge in [0.1, 0.15) is 6.17 Å². The van der Waals surface area contributed by atoms with Crippen molar-refractivity contribution < 1.29 is 9.18 Å². The minimum atomic E-state index is -0.920. The Morgan fingerprint density at radius 2 is 2.27 bits per heavy atom. The maximum atomic E-state index is 13.1. The van der Waals surface area contributed by atoms with Gasteiger partial charge in [-0.05, 0) is 25.7 Å². The number of carbonyl (C=O) groups is 1. The van der Waals surface area contributed by atoms with E-state index in [0.29, 0.717) is 12.3 Å². The van der Waals surface area contributed by atoms with Crippen molar-refractivity contribution in [1.29, 1.82) is 0 Å². The van der Waals surface area contributed by atoms with Gasteiger partial charge >= 0.3 is 0 Å². The first-order valence-electron chi connectivity index (χ1n) is 5.52. The Kier molecular flexibility index (Phi) is 2.82. The van der Waals surface area contributed by atoms with Crippen LogP contribution >= 0.6 is 15.9 Å². The Morgan fingerprint density at radius 1 is 1.67 bits per heavy atom. The molecule has 4 unspecified atom stereocenters. The lowest BCUT2D eigenvalue weighted by Crippen LogP contribution is -2.42. The van der Waals surface area contributed by atoms with Crippen molar-refractivity contribution in [2.45, 2.75) is 38.9 Å². The number of amides is 1. The molecule has 0 N–H and O–H groups in total. The van der Waals surface area contributed by atoms with Crippen molar-refractivity contribution in [2.75, 3.05) is 11.9 Å². The molecule has 1 saturated heterocycles. The smallest absolute Gasteiger partial charge is 0.231 e. The molecule has 1 heterocycles. The Labute approximate surface area is 98.3 Å². The average Bonchev–Trinajstić information content (AvgIpc) is 2.66. The zero-order valence-corrected chi connectivity index (χ0v) is 10.8. The van der Waals surface area contributed by atoms with E-state index in [-0.39, 0.29) is 11.9 Å². The summed E-state index contributed by atoms with van der Waals surface area (Å²) in [5, 5.41) is 0.799. The molecule has 0 bridgehead atoms. The fourth-order valence-electron chi connectivity index (χ4n) is 2.36. The van der Waals surface area contributed by atoms with Crippen LogP contribution in [0.4, 0.5) is 4.39 Å². The van der Waals surface area contributed by atoms with Gasteiger partial charge < -0.3 is 4.90 Å². The Bertz CT molecular complexity index is 286. The van der Waals surface area contributed by atoms with E-state index in [2.05, 4.69) is 22.9 Å². The molecule has 1 aliphatic carbocycles. The normalized spacial score (nSPS) is 44.5. The predicted molar refractivity (Wildman–Crippen MR) is 60.7 cm³/mol. The molecule has 4 heteroatoms. The molecule has 2 rings (SSSR count). The van der Waals surface area contributed by atoms with E-state index >= 15 is 0 Å². The van der Waals surface area contributed by atoms with E-state index < -0.39 is 11.6 Å². The summed E-state index contributed by atoms with van der Waals surface area (Å²) in [6.07, 6.45) is 0.526. The zero-order chi connectivity index (χ0) is 11.2. The largest absolute Gasteiger partial charge is 0.338 e. The highest BCUT2D eigenvalue weighted by molar-refractivity contribution is 9.09. The fraction of sp³-hybridized carbons (Fsp3) is 0.909. The van der Waals surface area contributed by atoms with Crippen molar-refractivity contribution >= 4 is 21.8 Å². The number of alkyl halides is 2. The summed E-state index contributed by atoms with van der Waals surface area (Å²) >= 11 is 3.44. The SMILES string of the molecule is CC1CCN(C(=O)C2(C)CC2F)C1CBr. The Hall–Kier alpha value is -0.120. The monoisotopic (exact) mass is 277 g/mol. The number of halogens is 2. The van der Waals surface area contributed by atoms with Gasteiger partial charge in [0.05, 0.1) is 5.41 Å². The molecule has 0 aromatic rings. The van der Waals surface area contributed by atoms with Crippen molar-refractivity contribution in [2.24, 2.45) is 11.3 Å². The number of hydrogen-bond donors (Lipinski definition) is 0. The summed E-state index contributed by atoms with van der Waals surface area (Å²) < 4.78 is 13.1. The molecular weight excluding hydrogens is 261 g/mol. The number of nitrogens with zero attached hydrogens (tertiary/aromatic N) is 1. The highest BCUT2D eigenvalue weighted by Crippen LogP contribution is 2.50. The van der Waals surface area contributed by atoms with E-state index in [1.54, 1.807) is 6.92 Å². The van der Waals surface area contributed by atoms with Crippen LogP contribution in [0, 0.1) is 11.3 Å². The van der Waals surface area contributed by atoms with Crippen LogP contribution in [0.5, 0.6) is 0 Å². The summed E-state index contributed by atoms with van der Waals surface area (Å²) in [6, 6.07) is 0.252. The second-order valence-corrected chi connectivity index (χ2v) is 5.72. The predicted octanol–water partition coefficient (Wildman–Crippen LogP) is 2.37. The third kappa shape index (κ3) is 1.71. The lowest BCUT2D eigenvalue weighted by atomic mass is 10.0. The van der Waals surface area contributed by atoms with Gasteiger partial charge in [0.2, 0.25) is 5.91 Å². The lowest BCUT2D eigenvalue weighted by molar-refractivity contribution is -0.137. The summed E-state index contributed by atoms with van der Waals surface area (Å²) in [5.41, 5.74) is -0.704. The Balaban J connectivity index is 2.08. The minimum absolute atomic E-state index is 0.0174. The standard InChI is InChI=1S/C11H17BrFNO/c1-7-3-4-14(8(7)6-12)10(15)11(2)5-9(11)13/h7-9H,3-6H2,1-2H3. The van der Waals surface area contributed by atoms with Crippen LogP contribution in [-0.2, 0) is 4.79 Å². The minimum Gasteiger partial charge on any atom is -0.338 e. The van der Waals surface area contributed by atoms with Gasteiger partial charge in [-0.2, -0.15) is 0 Å². The maximum absolute atomic E-state index is 13.1. The fourth-order valence-corrected chi connectivity index (χ4v) is 3.35. The van der Waals surface area contributed by atoms with Gasteiger partial charge in [-0.25, -0.2) is 4.39 Å². The molecule has 15 heavy (non-hydrogen) atoms. The third-order valence-corrected chi connectivity index (χ3v) is 4.59. The summed E-state index contributed by atoms with van der Waals surface area (Å²) in [4.78, 5) is 14.0. The number of rotatable bonds is 2. The third-order valence-electron chi connectivity index (χ3n) is 3.92. The molecule has 0 spiro atoms. The molecule has 4 atom stereocenters. The van der Waals surface area contributed by atoms with Gasteiger partial charge in [-0.1, -0.05) is 22.9 Å². The van der Waals surface area contributed by atoms with Crippen LogP contribution in [0.2, 0.25) is 0 Å². The maximum Gasteiger partial charge on any atom is 0.231 e. The second kappa shape index (κ2) is 3.72. The van der Waals surface area contributed by atoms with E-state index in [1.165, 1.54) is 0 Å². The topological polar surface area (TPSA) is 20.3 Å². The molecule has 0 radical (unpaired) electrons. The van der Waals surface area contributed by atoms with Crippen LogP contribution in [0.3, 0.4) is 0 Å². The molecule has 1 aliphatic heterocycles. The van der Waals surface area contributed by atoms with Gasteiger partial charge in [-0.15, -0.1) is 0 Å². The summed E-state index contributed by atoms with van der Waals surface area (Å²) in [6.45, 7) is 4.69. The van der Waals surface area contributed by atoms with E-state index in [9.17, 15) is 9.18 Å².